The highest BCUT2D eigenvalue weighted by molar-refractivity contribution is 6.30. The maximum atomic E-state index is 8.91. The molecule has 28 heavy (non-hydrogen) atoms. The first-order valence-electron chi connectivity index (χ1n) is 9.37. The SMILES string of the molecule is N#Cc1ccc(N2CCC3(CC2)C[C@@H]3c2nc(-c3cccc(Cl)c3)no2)nc1. The van der Waals surface area contributed by atoms with Crippen molar-refractivity contribution >= 4 is 17.4 Å². The van der Waals surface area contributed by atoms with Crippen molar-refractivity contribution in [3.63, 3.8) is 0 Å². The molecule has 1 saturated carbocycles. The van der Waals surface area contributed by atoms with Gasteiger partial charge in [-0.25, -0.2) is 4.98 Å². The molecule has 1 aliphatic heterocycles. The number of piperidine rings is 1. The fourth-order valence-electron chi connectivity index (χ4n) is 4.19. The summed E-state index contributed by atoms with van der Waals surface area (Å²) in [7, 11) is 0. The van der Waals surface area contributed by atoms with Crippen LogP contribution in [0.15, 0.2) is 47.1 Å². The van der Waals surface area contributed by atoms with E-state index in [1.807, 2.05) is 36.4 Å². The van der Waals surface area contributed by atoms with E-state index in [1.54, 1.807) is 6.20 Å². The molecule has 1 saturated heterocycles. The third kappa shape index (κ3) is 3.02. The number of hydrogen-bond acceptors (Lipinski definition) is 6. The molecule has 0 amide bonds. The summed E-state index contributed by atoms with van der Waals surface area (Å²) in [6, 6.07) is 13.4. The van der Waals surface area contributed by atoms with Crippen molar-refractivity contribution in [3.8, 4) is 17.5 Å². The molecule has 0 radical (unpaired) electrons. The van der Waals surface area contributed by atoms with Crippen LogP contribution in [-0.4, -0.2) is 28.2 Å². The van der Waals surface area contributed by atoms with Crippen LogP contribution in [-0.2, 0) is 0 Å². The number of rotatable bonds is 3. The fraction of sp³-hybridized carbons (Fsp3) is 0.333. The number of nitrogens with zero attached hydrogens (tertiary/aromatic N) is 5. The summed E-state index contributed by atoms with van der Waals surface area (Å²) in [4.78, 5) is 11.3. The largest absolute Gasteiger partial charge is 0.357 e. The Hall–Kier alpha value is -2.91. The molecule has 2 fully saturated rings. The zero-order valence-electron chi connectivity index (χ0n) is 15.2. The summed E-state index contributed by atoms with van der Waals surface area (Å²) < 4.78 is 5.59. The highest BCUT2D eigenvalue weighted by atomic mass is 35.5. The molecule has 1 aromatic carbocycles. The van der Waals surface area contributed by atoms with E-state index in [2.05, 4.69) is 26.1 Å². The van der Waals surface area contributed by atoms with Crippen LogP contribution < -0.4 is 4.90 Å². The maximum absolute atomic E-state index is 8.91. The molecular formula is C21H18ClN5O. The molecule has 1 aliphatic carbocycles. The maximum Gasteiger partial charge on any atom is 0.230 e. The van der Waals surface area contributed by atoms with Crippen LogP contribution in [0.4, 0.5) is 5.82 Å². The molecule has 1 atom stereocenters. The number of halogens is 1. The minimum atomic E-state index is 0.265. The van der Waals surface area contributed by atoms with E-state index in [0.717, 1.165) is 49.6 Å². The molecule has 3 aromatic rings. The van der Waals surface area contributed by atoms with Crippen molar-refractivity contribution in [2.24, 2.45) is 5.41 Å². The van der Waals surface area contributed by atoms with Crippen LogP contribution in [0, 0.1) is 16.7 Å². The van der Waals surface area contributed by atoms with Crippen LogP contribution in [0.2, 0.25) is 5.02 Å². The summed E-state index contributed by atoms with van der Waals surface area (Å²) in [6.07, 6.45) is 4.89. The summed E-state index contributed by atoms with van der Waals surface area (Å²) in [5.41, 5.74) is 1.73. The molecule has 5 rings (SSSR count). The number of anilines is 1. The lowest BCUT2D eigenvalue weighted by atomic mass is 9.90. The minimum Gasteiger partial charge on any atom is -0.357 e. The highest BCUT2D eigenvalue weighted by Crippen LogP contribution is 2.64. The van der Waals surface area contributed by atoms with E-state index in [1.165, 1.54) is 0 Å². The predicted molar refractivity (Wildman–Crippen MR) is 105 cm³/mol. The van der Waals surface area contributed by atoms with Gasteiger partial charge in [0.05, 0.1) is 5.56 Å². The second kappa shape index (κ2) is 6.61. The van der Waals surface area contributed by atoms with Crippen molar-refractivity contribution in [3.05, 3.63) is 59.1 Å². The van der Waals surface area contributed by atoms with Gasteiger partial charge in [0.25, 0.3) is 0 Å². The van der Waals surface area contributed by atoms with Crippen molar-refractivity contribution in [2.75, 3.05) is 18.0 Å². The third-order valence-electron chi connectivity index (χ3n) is 5.97. The van der Waals surface area contributed by atoms with Crippen LogP contribution in [0.25, 0.3) is 11.4 Å². The van der Waals surface area contributed by atoms with E-state index in [0.29, 0.717) is 22.3 Å². The Balaban J connectivity index is 1.26. The number of nitriles is 1. The zero-order chi connectivity index (χ0) is 19.1. The Morgan fingerprint density at radius 3 is 2.79 bits per heavy atom. The lowest BCUT2D eigenvalue weighted by Gasteiger charge is -2.33. The molecule has 0 unspecified atom stereocenters. The summed E-state index contributed by atoms with van der Waals surface area (Å²) >= 11 is 6.06. The van der Waals surface area contributed by atoms with Crippen molar-refractivity contribution in [1.82, 2.24) is 15.1 Å². The fourth-order valence-corrected chi connectivity index (χ4v) is 4.38. The predicted octanol–water partition coefficient (Wildman–Crippen LogP) is 4.43. The van der Waals surface area contributed by atoms with E-state index in [4.69, 9.17) is 21.4 Å². The Morgan fingerprint density at radius 1 is 1.21 bits per heavy atom. The Kier molecular flexibility index (Phi) is 4.06. The number of hydrogen-bond donors (Lipinski definition) is 0. The highest BCUT2D eigenvalue weighted by Gasteiger charge is 2.58. The Labute approximate surface area is 167 Å². The van der Waals surface area contributed by atoms with Gasteiger partial charge in [-0.15, -0.1) is 0 Å². The van der Waals surface area contributed by atoms with Crippen LogP contribution >= 0.6 is 11.6 Å². The first kappa shape index (κ1) is 17.2. The second-order valence-electron chi connectivity index (χ2n) is 7.59. The molecule has 2 aromatic heterocycles. The second-order valence-corrected chi connectivity index (χ2v) is 8.03. The minimum absolute atomic E-state index is 0.265. The quantitative estimate of drug-likeness (QED) is 0.657. The van der Waals surface area contributed by atoms with E-state index in [-0.39, 0.29) is 5.41 Å². The van der Waals surface area contributed by atoms with Gasteiger partial charge in [0.15, 0.2) is 0 Å². The monoisotopic (exact) mass is 391 g/mol. The number of aromatic nitrogens is 3. The molecule has 6 nitrogen and oxygen atoms in total. The summed E-state index contributed by atoms with van der Waals surface area (Å²) in [5, 5.41) is 13.7. The molecular weight excluding hydrogens is 374 g/mol. The topological polar surface area (TPSA) is 78.8 Å². The first-order chi connectivity index (χ1) is 13.7. The van der Waals surface area contributed by atoms with E-state index >= 15 is 0 Å². The lowest BCUT2D eigenvalue weighted by Crippen LogP contribution is -2.35. The smallest absolute Gasteiger partial charge is 0.230 e. The van der Waals surface area contributed by atoms with Crippen LogP contribution in [0.1, 0.15) is 36.6 Å². The van der Waals surface area contributed by atoms with E-state index in [9.17, 15) is 0 Å². The van der Waals surface area contributed by atoms with Crippen LogP contribution in [0.3, 0.4) is 0 Å². The Bertz CT molecular complexity index is 1050. The summed E-state index contributed by atoms with van der Waals surface area (Å²) in [6.45, 7) is 1.90. The van der Waals surface area contributed by atoms with Gasteiger partial charge in [0, 0.05) is 35.8 Å². The lowest BCUT2D eigenvalue weighted by molar-refractivity contribution is 0.326. The van der Waals surface area contributed by atoms with Gasteiger partial charge in [0.2, 0.25) is 11.7 Å². The van der Waals surface area contributed by atoms with Crippen molar-refractivity contribution < 1.29 is 4.52 Å². The van der Waals surface area contributed by atoms with Gasteiger partial charge >= 0.3 is 0 Å². The van der Waals surface area contributed by atoms with E-state index < -0.39 is 0 Å². The molecule has 140 valence electrons. The standard InChI is InChI=1S/C21H18ClN5O/c22-16-3-1-2-15(10-16)19-25-20(28-26-19)17-11-21(17)6-8-27(9-7-21)18-5-4-14(12-23)13-24-18/h1-5,10,13,17H,6-9,11H2/t17-/m1/s1. The van der Waals surface area contributed by atoms with Gasteiger partial charge in [-0.2, -0.15) is 10.2 Å². The third-order valence-corrected chi connectivity index (χ3v) is 6.21. The molecule has 2 aliphatic rings. The van der Waals surface area contributed by atoms with Crippen molar-refractivity contribution in [2.45, 2.75) is 25.2 Å². The molecule has 3 heterocycles. The molecule has 0 N–H and O–H groups in total. The molecule has 1 spiro atoms. The molecule has 7 heteroatoms. The summed E-state index contributed by atoms with van der Waals surface area (Å²) in [5.74, 6) is 2.61. The first-order valence-corrected chi connectivity index (χ1v) is 9.75. The van der Waals surface area contributed by atoms with Gasteiger partial charge in [-0.3, -0.25) is 0 Å². The Morgan fingerprint density at radius 2 is 2.07 bits per heavy atom. The van der Waals surface area contributed by atoms with Gasteiger partial charge in [0.1, 0.15) is 11.9 Å². The zero-order valence-corrected chi connectivity index (χ0v) is 15.9. The van der Waals surface area contributed by atoms with Gasteiger partial charge in [-0.1, -0.05) is 28.9 Å². The van der Waals surface area contributed by atoms with Gasteiger partial charge in [-0.05, 0) is 48.9 Å². The number of benzene rings is 1. The number of pyridine rings is 1. The van der Waals surface area contributed by atoms with Crippen molar-refractivity contribution in [1.29, 1.82) is 5.26 Å². The van der Waals surface area contributed by atoms with Crippen LogP contribution in [0.5, 0.6) is 0 Å². The molecule has 0 bridgehead atoms. The average Bonchev–Trinajstić information content (AvgIpc) is 3.20. The normalized spacial score (nSPS) is 20.1. The average molecular weight is 392 g/mol. The van der Waals surface area contributed by atoms with Gasteiger partial charge < -0.3 is 9.42 Å².